The summed E-state index contributed by atoms with van der Waals surface area (Å²) in [5.74, 6) is -0.0351. The molecule has 1 atom stereocenters. The summed E-state index contributed by atoms with van der Waals surface area (Å²) in [7, 11) is 4.08. The number of carbonyl (C=O) groups excluding carboxylic acids is 1. The van der Waals surface area contributed by atoms with E-state index in [4.69, 9.17) is 0 Å². The first-order chi connectivity index (χ1) is 14.9. The summed E-state index contributed by atoms with van der Waals surface area (Å²) in [5.41, 5.74) is 2.18. The predicted octanol–water partition coefficient (Wildman–Crippen LogP) is 3.37. The van der Waals surface area contributed by atoms with Crippen molar-refractivity contribution >= 4 is 5.91 Å². The molecule has 2 aromatic heterocycles. The number of rotatable bonds is 5. The Labute approximate surface area is 181 Å². The number of likely N-dealkylation sites (N-methyl/N-ethyl adjacent to an activating group) is 1. The molecular weight excluding hydrogens is 395 g/mol. The molecule has 7 nitrogen and oxygen atoms in total. The zero-order chi connectivity index (χ0) is 22.1. The van der Waals surface area contributed by atoms with Crippen LogP contribution in [0.4, 0.5) is 4.39 Å². The highest BCUT2D eigenvalue weighted by Gasteiger charge is 2.31. The van der Waals surface area contributed by atoms with Gasteiger partial charge in [-0.05, 0) is 44.6 Å². The Morgan fingerprint density at radius 1 is 1.23 bits per heavy atom. The van der Waals surface area contributed by atoms with Crippen LogP contribution in [0.5, 0.6) is 0 Å². The van der Waals surface area contributed by atoms with Crippen molar-refractivity contribution in [1.82, 2.24) is 29.5 Å². The number of aromatic nitrogens is 4. The lowest BCUT2D eigenvalue weighted by atomic mass is 10.1. The highest BCUT2D eigenvalue weighted by Crippen LogP contribution is 2.26. The maximum atomic E-state index is 14.3. The van der Waals surface area contributed by atoms with Crippen molar-refractivity contribution in [1.29, 1.82) is 0 Å². The van der Waals surface area contributed by atoms with E-state index in [0.717, 1.165) is 18.7 Å². The molecule has 3 heterocycles. The second-order valence-corrected chi connectivity index (χ2v) is 8.39. The molecule has 162 valence electrons. The Morgan fingerprint density at radius 3 is 2.68 bits per heavy atom. The van der Waals surface area contributed by atoms with Gasteiger partial charge in [-0.3, -0.25) is 4.79 Å². The number of benzene rings is 1. The van der Waals surface area contributed by atoms with Gasteiger partial charge in [0.25, 0.3) is 11.9 Å². The molecule has 1 aliphatic heterocycles. The van der Waals surface area contributed by atoms with Gasteiger partial charge in [0, 0.05) is 30.9 Å². The average Bonchev–Trinajstić information content (AvgIpc) is 3.41. The van der Waals surface area contributed by atoms with Gasteiger partial charge in [0.2, 0.25) is 0 Å². The zero-order valence-corrected chi connectivity index (χ0v) is 18.3. The van der Waals surface area contributed by atoms with Gasteiger partial charge in [0.15, 0.2) is 0 Å². The molecule has 0 radical (unpaired) electrons. The van der Waals surface area contributed by atoms with Crippen LogP contribution in [0.25, 0.3) is 17.2 Å². The summed E-state index contributed by atoms with van der Waals surface area (Å²) in [6.07, 6.45) is 4.14. The largest absolute Gasteiger partial charge is 0.337 e. The maximum Gasteiger partial charge on any atom is 0.257 e. The molecule has 1 fully saturated rings. The summed E-state index contributed by atoms with van der Waals surface area (Å²) in [6, 6.07) is 8.51. The van der Waals surface area contributed by atoms with Crippen molar-refractivity contribution in [2.75, 3.05) is 27.2 Å². The second-order valence-electron chi connectivity index (χ2n) is 8.39. The van der Waals surface area contributed by atoms with E-state index in [0.29, 0.717) is 35.4 Å². The van der Waals surface area contributed by atoms with Gasteiger partial charge < -0.3 is 9.80 Å². The normalized spacial score (nSPS) is 16.5. The third-order valence-electron chi connectivity index (χ3n) is 5.75. The maximum absolute atomic E-state index is 14.3. The molecule has 1 aliphatic rings. The Kier molecular flexibility index (Phi) is 5.82. The standard InChI is InChI=1S/C23H27FN6O/c1-15(2)21-18(22(31)29-12-10-16(14-29)28(3)4)13-26-30(21)23-25-11-9-20(27-23)17-7-5-6-8-19(17)24/h5-9,11,13,15-16H,10,12,14H2,1-4H3/t16-/m1/s1. The Morgan fingerprint density at radius 2 is 2.00 bits per heavy atom. The lowest BCUT2D eigenvalue weighted by molar-refractivity contribution is 0.0781. The minimum atomic E-state index is -0.350. The van der Waals surface area contributed by atoms with Crippen LogP contribution in [0, 0.1) is 5.82 Å². The first-order valence-electron chi connectivity index (χ1n) is 10.5. The SMILES string of the molecule is CC(C)c1c(C(=O)N2CC[C@@H](N(C)C)C2)cnn1-c1nccc(-c2ccccc2F)n1. The van der Waals surface area contributed by atoms with Crippen molar-refractivity contribution in [3.05, 3.63) is 59.8 Å². The van der Waals surface area contributed by atoms with Crippen LogP contribution >= 0.6 is 0 Å². The van der Waals surface area contributed by atoms with E-state index in [-0.39, 0.29) is 17.6 Å². The van der Waals surface area contributed by atoms with Gasteiger partial charge in [-0.25, -0.2) is 19.0 Å². The second kappa shape index (κ2) is 8.55. The topological polar surface area (TPSA) is 67.2 Å². The fourth-order valence-corrected chi connectivity index (χ4v) is 4.03. The molecule has 1 saturated heterocycles. The van der Waals surface area contributed by atoms with Crippen molar-refractivity contribution in [2.24, 2.45) is 0 Å². The van der Waals surface area contributed by atoms with E-state index < -0.39 is 0 Å². The zero-order valence-electron chi connectivity index (χ0n) is 18.3. The number of nitrogens with zero attached hydrogens (tertiary/aromatic N) is 6. The van der Waals surface area contributed by atoms with E-state index in [9.17, 15) is 9.18 Å². The van der Waals surface area contributed by atoms with Gasteiger partial charge in [-0.1, -0.05) is 26.0 Å². The van der Waals surface area contributed by atoms with Crippen molar-refractivity contribution < 1.29 is 9.18 Å². The van der Waals surface area contributed by atoms with E-state index in [1.165, 1.54) is 6.07 Å². The van der Waals surface area contributed by atoms with Crippen LogP contribution in [-0.4, -0.2) is 68.7 Å². The number of halogens is 1. The van der Waals surface area contributed by atoms with Crippen LogP contribution in [0.1, 0.15) is 42.2 Å². The Bertz CT molecular complexity index is 1090. The fraction of sp³-hybridized carbons (Fsp3) is 0.391. The first-order valence-corrected chi connectivity index (χ1v) is 10.5. The smallest absolute Gasteiger partial charge is 0.257 e. The van der Waals surface area contributed by atoms with E-state index >= 15 is 0 Å². The number of hydrogen-bond donors (Lipinski definition) is 0. The summed E-state index contributed by atoms with van der Waals surface area (Å²) in [5, 5.41) is 4.45. The third-order valence-corrected chi connectivity index (χ3v) is 5.75. The third kappa shape index (κ3) is 4.07. The summed E-state index contributed by atoms with van der Waals surface area (Å²) in [4.78, 5) is 26.2. The van der Waals surface area contributed by atoms with Crippen LogP contribution in [0.3, 0.4) is 0 Å². The molecule has 3 aromatic rings. The Hall–Kier alpha value is -3.13. The molecule has 1 amide bonds. The highest BCUT2D eigenvalue weighted by molar-refractivity contribution is 5.95. The minimum absolute atomic E-state index is 0.0226. The highest BCUT2D eigenvalue weighted by atomic mass is 19.1. The van der Waals surface area contributed by atoms with Gasteiger partial charge >= 0.3 is 0 Å². The van der Waals surface area contributed by atoms with Gasteiger partial charge in [-0.2, -0.15) is 5.10 Å². The van der Waals surface area contributed by atoms with Crippen molar-refractivity contribution in [3.63, 3.8) is 0 Å². The van der Waals surface area contributed by atoms with Gasteiger partial charge in [0.1, 0.15) is 5.82 Å². The summed E-state index contributed by atoms with van der Waals surface area (Å²) >= 11 is 0. The quantitative estimate of drug-likeness (QED) is 0.631. The van der Waals surface area contributed by atoms with E-state index in [1.807, 2.05) is 32.8 Å². The lowest BCUT2D eigenvalue weighted by Crippen LogP contribution is -2.34. The van der Waals surface area contributed by atoms with Crippen LogP contribution in [0.2, 0.25) is 0 Å². The number of carbonyl (C=O) groups is 1. The molecule has 1 aromatic carbocycles. The fourth-order valence-electron chi connectivity index (χ4n) is 4.03. The van der Waals surface area contributed by atoms with Crippen molar-refractivity contribution in [3.8, 4) is 17.2 Å². The minimum Gasteiger partial charge on any atom is -0.337 e. The van der Waals surface area contributed by atoms with Gasteiger partial charge in [0.05, 0.1) is 23.1 Å². The predicted molar refractivity (Wildman–Crippen MR) is 117 cm³/mol. The molecule has 31 heavy (non-hydrogen) atoms. The molecule has 0 unspecified atom stereocenters. The lowest BCUT2D eigenvalue weighted by Gasteiger charge is -2.21. The Balaban J connectivity index is 1.70. The molecule has 0 aliphatic carbocycles. The van der Waals surface area contributed by atoms with E-state index in [1.54, 1.807) is 41.3 Å². The van der Waals surface area contributed by atoms with Crippen molar-refractivity contribution in [2.45, 2.75) is 32.2 Å². The summed E-state index contributed by atoms with van der Waals surface area (Å²) < 4.78 is 15.9. The van der Waals surface area contributed by atoms with Crippen LogP contribution in [-0.2, 0) is 0 Å². The van der Waals surface area contributed by atoms with Crippen LogP contribution in [0.15, 0.2) is 42.7 Å². The van der Waals surface area contributed by atoms with Gasteiger partial charge in [-0.15, -0.1) is 0 Å². The molecular formula is C23H27FN6O. The molecule has 0 bridgehead atoms. The average molecular weight is 423 g/mol. The molecule has 0 N–H and O–H groups in total. The monoisotopic (exact) mass is 422 g/mol. The molecule has 0 saturated carbocycles. The summed E-state index contributed by atoms with van der Waals surface area (Å²) in [6.45, 7) is 5.45. The number of amides is 1. The first kappa shape index (κ1) is 21.1. The van der Waals surface area contributed by atoms with Crippen LogP contribution < -0.4 is 0 Å². The molecule has 0 spiro atoms. The van der Waals surface area contributed by atoms with E-state index in [2.05, 4.69) is 20.0 Å². The number of hydrogen-bond acceptors (Lipinski definition) is 5. The molecule has 4 rings (SSSR count). The number of likely N-dealkylation sites (tertiary alicyclic amines) is 1. The molecule has 8 heteroatoms.